The van der Waals surface area contributed by atoms with E-state index < -0.39 is 17.1 Å². The zero-order chi connectivity index (χ0) is 18.6. The third-order valence-electron chi connectivity index (χ3n) is 3.00. The Hall–Kier alpha value is -1.95. The second-order valence-electron chi connectivity index (χ2n) is 4.65. The SMILES string of the molecule is C#CCN1C(=O)SC(=Cc2cc(Cl)c(OCC(=O)OC)c(Br)c2)C1=O. The van der Waals surface area contributed by atoms with Crippen molar-refractivity contribution in [1.82, 2.24) is 4.90 Å². The molecule has 0 spiro atoms. The first-order valence-corrected chi connectivity index (χ1v) is 8.73. The van der Waals surface area contributed by atoms with Crippen LogP contribution in [0.5, 0.6) is 5.75 Å². The maximum atomic E-state index is 12.2. The summed E-state index contributed by atoms with van der Waals surface area (Å²) < 4.78 is 10.3. The van der Waals surface area contributed by atoms with Gasteiger partial charge in [-0.1, -0.05) is 17.5 Å². The Labute approximate surface area is 161 Å². The van der Waals surface area contributed by atoms with Crippen molar-refractivity contribution in [3.63, 3.8) is 0 Å². The zero-order valence-corrected chi connectivity index (χ0v) is 16.0. The summed E-state index contributed by atoms with van der Waals surface area (Å²) >= 11 is 10.3. The number of ether oxygens (including phenoxy) is 2. The lowest BCUT2D eigenvalue weighted by molar-refractivity contribution is -0.142. The fourth-order valence-electron chi connectivity index (χ4n) is 1.87. The van der Waals surface area contributed by atoms with E-state index in [1.54, 1.807) is 12.1 Å². The van der Waals surface area contributed by atoms with Crippen LogP contribution in [0.4, 0.5) is 4.79 Å². The predicted molar refractivity (Wildman–Crippen MR) is 98.2 cm³/mol. The number of halogens is 2. The number of benzene rings is 1. The van der Waals surface area contributed by atoms with Gasteiger partial charge in [0.25, 0.3) is 11.1 Å². The average molecular weight is 445 g/mol. The number of carbonyl (C=O) groups excluding carboxylic acids is 3. The van der Waals surface area contributed by atoms with E-state index in [0.717, 1.165) is 16.7 Å². The molecule has 1 heterocycles. The van der Waals surface area contributed by atoms with Gasteiger partial charge in [-0.15, -0.1) is 6.42 Å². The smallest absolute Gasteiger partial charge is 0.343 e. The average Bonchev–Trinajstić information content (AvgIpc) is 2.81. The van der Waals surface area contributed by atoms with Crippen molar-refractivity contribution in [2.75, 3.05) is 20.3 Å². The van der Waals surface area contributed by atoms with Crippen molar-refractivity contribution in [1.29, 1.82) is 0 Å². The molecular formula is C16H11BrClNO5S. The second kappa shape index (κ2) is 8.43. The largest absolute Gasteiger partial charge is 0.479 e. The molecule has 1 aliphatic rings. The Balaban J connectivity index is 2.24. The van der Waals surface area contributed by atoms with Crippen LogP contribution < -0.4 is 4.74 Å². The zero-order valence-electron chi connectivity index (χ0n) is 12.9. The van der Waals surface area contributed by atoms with Gasteiger partial charge in [0.15, 0.2) is 12.4 Å². The normalized spacial score (nSPS) is 15.4. The van der Waals surface area contributed by atoms with Crippen molar-refractivity contribution in [2.24, 2.45) is 0 Å². The molecule has 0 N–H and O–H groups in total. The minimum atomic E-state index is -0.547. The molecule has 130 valence electrons. The summed E-state index contributed by atoms with van der Waals surface area (Å²) in [6.07, 6.45) is 6.68. The maximum Gasteiger partial charge on any atom is 0.343 e. The molecule has 0 bridgehead atoms. The van der Waals surface area contributed by atoms with Crippen LogP contribution in [-0.2, 0) is 14.3 Å². The Morgan fingerprint density at radius 3 is 2.80 bits per heavy atom. The highest BCUT2D eigenvalue weighted by Gasteiger charge is 2.34. The molecule has 1 aromatic carbocycles. The molecule has 6 nitrogen and oxygen atoms in total. The third kappa shape index (κ3) is 4.57. The fourth-order valence-corrected chi connectivity index (χ4v) is 3.70. The van der Waals surface area contributed by atoms with E-state index in [9.17, 15) is 14.4 Å². The summed E-state index contributed by atoms with van der Waals surface area (Å²) in [4.78, 5) is 36.3. The summed E-state index contributed by atoms with van der Waals surface area (Å²) in [7, 11) is 1.25. The van der Waals surface area contributed by atoms with Gasteiger partial charge in [-0.25, -0.2) is 4.79 Å². The van der Waals surface area contributed by atoms with Gasteiger partial charge >= 0.3 is 5.97 Å². The molecule has 25 heavy (non-hydrogen) atoms. The highest BCUT2D eigenvalue weighted by molar-refractivity contribution is 9.10. The molecule has 0 unspecified atom stereocenters. The Bertz CT molecular complexity index is 794. The summed E-state index contributed by atoms with van der Waals surface area (Å²) in [5, 5.41) is -0.190. The van der Waals surface area contributed by atoms with Crippen LogP contribution in [0.3, 0.4) is 0 Å². The van der Waals surface area contributed by atoms with Crippen LogP contribution in [0.15, 0.2) is 21.5 Å². The van der Waals surface area contributed by atoms with Gasteiger partial charge in [0.1, 0.15) is 0 Å². The number of amides is 2. The summed E-state index contributed by atoms with van der Waals surface area (Å²) in [5.74, 6) is 1.54. The molecule has 0 radical (unpaired) electrons. The summed E-state index contributed by atoms with van der Waals surface area (Å²) in [6, 6.07) is 3.20. The molecule has 1 aliphatic heterocycles. The standard InChI is InChI=1S/C16H11BrClNO5S/c1-3-4-19-15(21)12(25-16(19)22)7-9-5-10(17)14(11(18)6-9)24-8-13(20)23-2/h1,5-7H,4,8H2,2H3. The van der Waals surface area contributed by atoms with E-state index in [4.69, 9.17) is 22.8 Å². The monoisotopic (exact) mass is 443 g/mol. The molecule has 0 aliphatic carbocycles. The quantitative estimate of drug-likeness (QED) is 0.394. The molecule has 1 aromatic rings. The first-order chi connectivity index (χ1) is 11.9. The van der Waals surface area contributed by atoms with E-state index in [-0.39, 0.29) is 28.8 Å². The van der Waals surface area contributed by atoms with Crippen molar-refractivity contribution < 1.29 is 23.9 Å². The van der Waals surface area contributed by atoms with Gasteiger partial charge in [0.05, 0.1) is 28.1 Å². The number of hydrogen-bond acceptors (Lipinski definition) is 6. The van der Waals surface area contributed by atoms with E-state index in [0.29, 0.717) is 10.0 Å². The number of nitrogens with zero attached hydrogens (tertiary/aromatic N) is 1. The molecule has 2 amide bonds. The van der Waals surface area contributed by atoms with Gasteiger partial charge in [-0.05, 0) is 51.5 Å². The second-order valence-corrected chi connectivity index (χ2v) is 6.91. The summed E-state index contributed by atoms with van der Waals surface area (Å²) in [6.45, 7) is -0.369. The molecule has 9 heteroatoms. The van der Waals surface area contributed by atoms with Crippen LogP contribution >= 0.6 is 39.3 Å². The first-order valence-electron chi connectivity index (χ1n) is 6.75. The Morgan fingerprint density at radius 1 is 1.48 bits per heavy atom. The Morgan fingerprint density at radius 2 is 2.20 bits per heavy atom. The molecule has 1 fully saturated rings. The molecular weight excluding hydrogens is 434 g/mol. The number of hydrogen-bond donors (Lipinski definition) is 0. The van der Waals surface area contributed by atoms with E-state index in [2.05, 4.69) is 26.6 Å². The lowest BCUT2D eigenvalue weighted by Gasteiger charge is -2.10. The Kier molecular flexibility index (Phi) is 6.53. The van der Waals surface area contributed by atoms with Crippen molar-refractivity contribution in [2.45, 2.75) is 0 Å². The summed E-state index contributed by atoms with van der Waals surface area (Å²) in [5.41, 5.74) is 0.577. The van der Waals surface area contributed by atoms with Crippen LogP contribution in [0, 0.1) is 12.3 Å². The van der Waals surface area contributed by atoms with Gasteiger partial charge in [0, 0.05) is 0 Å². The third-order valence-corrected chi connectivity index (χ3v) is 4.78. The minimum Gasteiger partial charge on any atom is -0.479 e. The predicted octanol–water partition coefficient (Wildman–Crippen LogP) is 3.32. The van der Waals surface area contributed by atoms with Crippen LogP contribution in [0.2, 0.25) is 5.02 Å². The van der Waals surface area contributed by atoms with E-state index >= 15 is 0 Å². The van der Waals surface area contributed by atoms with Crippen molar-refractivity contribution in [3.05, 3.63) is 32.1 Å². The maximum absolute atomic E-state index is 12.2. The van der Waals surface area contributed by atoms with Gasteiger partial charge in [0.2, 0.25) is 0 Å². The first kappa shape index (κ1) is 19.4. The number of thioether (sulfide) groups is 1. The molecule has 1 saturated heterocycles. The minimum absolute atomic E-state index is 0.0766. The lowest BCUT2D eigenvalue weighted by atomic mass is 10.2. The fraction of sp³-hybridized carbons (Fsp3) is 0.188. The number of methoxy groups -OCH3 is 1. The highest BCUT2D eigenvalue weighted by atomic mass is 79.9. The molecule has 0 atom stereocenters. The number of rotatable bonds is 5. The number of imide groups is 1. The number of terminal acetylenes is 1. The van der Waals surface area contributed by atoms with E-state index in [1.807, 2.05) is 0 Å². The van der Waals surface area contributed by atoms with Crippen LogP contribution in [0.1, 0.15) is 5.56 Å². The topological polar surface area (TPSA) is 72.9 Å². The van der Waals surface area contributed by atoms with Crippen LogP contribution in [-0.4, -0.2) is 42.3 Å². The van der Waals surface area contributed by atoms with Crippen molar-refractivity contribution in [3.8, 4) is 18.1 Å². The molecule has 2 rings (SSSR count). The van der Waals surface area contributed by atoms with Crippen LogP contribution in [0.25, 0.3) is 6.08 Å². The van der Waals surface area contributed by atoms with Gasteiger partial charge in [-0.3, -0.25) is 14.5 Å². The molecule has 0 saturated carbocycles. The highest BCUT2D eigenvalue weighted by Crippen LogP contribution is 2.37. The van der Waals surface area contributed by atoms with Crippen molar-refractivity contribution >= 4 is 62.5 Å². The number of carbonyl (C=O) groups is 3. The molecule has 0 aromatic heterocycles. The van der Waals surface area contributed by atoms with Gasteiger partial charge < -0.3 is 9.47 Å². The number of esters is 1. The lowest BCUT2D eigenvalue weighted by Crippen LogP contribution is -2.28. The van der Waals surface area contributed by atoms with E-state index in [1.165, 1.54) is 13.2 Å². The van der Waals surface area contributed by atoms with Gasteiger partial charge in [-0.2, -0.15) is 0 Å².